The average molecular weight is 692 g/mol. The van der Waals surface area contributed by atoms with Gasteiger partial charge in [-0.15, -0.1) is 0 Å². The van der Waals surface area contributed by atoms with Crippen molar-refractivity contribution in [3.05, 3.63) is 227 Å². The van der Waals surface area contributed by atoms with Crippen molar-refractivity contribution in [2.75, 3.05) is 0 Å². The first kappa shape index (κ1) is 30.6. The molecule has 254 valence electrons. The number of fused-ring (bicyclic) bond motifs is 10. The van der Waals surface area contributed by atoms with E-state index in [-0.39, 0.29) is 0 Å². The Kier molecular flexibility index (Phi) is 6.80. The summed E-state index contributed by atoms with van der Waals surface area (Å²) in [6, 6.07) is 66.7. The van der Waals surface area contributed by atoms with Crippen LogP contribution in [-0.2, 0) is 5.41 Å². The molecule has 0 bridgehead atoms. The Hall–Kier alpha value is -7.04. The molecule has 4 heteroatoms. The third kappa shape index (κ3) is 4.50. The van der Waals surface area contributed by atoms with Gasteiger partial charge in [0.15, 0.2) is 6.17 Å². The molecule has 0 fully saturated rings. The maximum atomic E-state index is 6.57. The van der Waals surface area contributed by atoms with Crippen LogP contribution in [0.3, 0.4) is 0 Å². The summed E-state index contributed by atoms with van der Waals surface area (Å²) in [4.78, 5) is 10.5. The second kappa shape index (κ2) is 12.0. The van der Waals surface area contributed by atoms with Crippen LogP contribution in [0.5, 0.6) is 11.5 Å². The molecule has 1 atom stereocenters. The van der Waals surface area contributed by atoms with E-state index in [0.717, 1.165) is 61.9 Å². The minimum Gasteiger partial charge on any atom is -0.457 e. The van der Waals surface area contributed by atoms with Gasteiger partial charge in [0, 0.05) is 27.8 Å². The fourth-order valence-corrected chi connectivity index (χ4v) is 8.93. The lowest BCUT2D eigenvalue weighted by Gasteiger charge is -2.39. The van der Waals surface area contributed by atoms with Crippen molar-refractivity contribution < 1.29 is 4.74 Å². The summed E-state index contributed by atoms with van der Waals surface area (Å²) in [5.41, 5.74) is 12.2. The van der Waals surface area contributed by atoms with Crippen LogP contribution in [0.2, 0.25) is 0 Å². The van der Waals surface area contributed by atoms with Gasteiger partial charge in [0.2, 0.25) is 0 Å². The fourth-order valence-electron chi connectivity index (χ4n) is 8.93. The number of benzene rings is 8. The molecule has 0 amide bonds. The van der Waals surface area contributed by atoms with Crippen LogP contribution >= 0.6 is 0 Å². The standard InChI is InChI=1S/C50H33N3O/c1-2-16-33(17-3-1)47-51-48(53-49(52-47)38-24-13-18-32-15-4-5-21-36(32)38)35-20-12-19-34(31-35)37-23-14-28-43-46(37)39-22-6-7-25-40(39)50(43)41-26-8-10-29-44(41)54-45-30-11-9-27-42(45)50/h1-31,49H,(H,51,52,53). The molecule has 54 heavy (non-hydrogen) atoms. The molecule has 11 rings (SSSR count). The second-order valence-corrected chi connectivity index (χ2v) is 14.1. The Bertz CT molecular complexity index is 2800. The zero-order chi connectivity index (χ0) is 35.6. The molecule has 1 aliphatic carbocycles. The Morgan fingerprint density at radius 3 is 1.81 bits per heavy atom. The van der Waals surface area contributed by atoms with Crippen molar-refractivity contribution in [1.29, 1.82) is 0 Å². The highest BCUT2D eigenvalue weighted by Crippen LogP contribution is 2.63. The number of hydrogen-bond donors (Lipinski definition) is 1. The Morgan fingerprint density at radius 1 is 0.444 bits per heavy atom. The van der Waals surface area contributed by atoms with Gasteiger partial charge in [-0.25, -0.2) is 9.98 Å². The van der Waals surface area contributed by atoms with Crippen LogP contribution in [0.4, 0.5) is 0 Å². The van der Waals surface area contributed by atoms with Gasteiger partial charge in [-0.05, 0) is 62.4 Å². The Labute approximate surface area is 313 Å². The van der Waals surface area contributed by atoms with Gasteiger partial charge < -0.3 is 10.1 Å². The number of nitrogens with one attached hydrogen (secondary N) is 1. The normalized spacial score (nSPS) is 15.9. The molecular formula is C50H33N3O. The summed E-state index contributed by atoms with van der Waals surface area (Å²) in [5.74, 6) is 3.38. The van der Waals surface area contributed by atoms with Crippen molar-refractivity contribution in [2.24, 2.45) is 9.98 Å². The summed E-state index contributed by atoms with van der Waals surface area (Å²) in [7, 11) is 0. The lowest BCUT2D eigenvalue weighted by molar-refractivity contribution is 0.436. The van der Waals surface area contributed by atoms with Gasteiger partial charge >= 0.3 is 0 Å². The van der Waals surface area contributed by atoms with Crippen molar-refractivity contribution in [2.45, 2.75) is 11.6 Å². The summed E-state index contributed by atoms with van der Waals surface area (Å²) in [6.45, 7) is 0. The van der Waals surface area contributed by atoms with Crippen LogP contribution in [0.15, 0.2) is 198 Å². The molecule has 1 N–H and O–H groups in total. The highest BCUT2D eigenvalue weighted by atomic mass is 16.5. The largest absolute Gasteiger partial charge is 0.457 e. The smallest absolute Gasteiger partial charge is 0.170 e. The third-order valence-electron chi connectivity index (χ3n) is 11.2. The molecule has 1 spiro atoms. The van der Waals surface area contributed by atoms with Gasteiger partial charge in [0.05, 0.1) is 5.41 Å². The van der Waals surface area contributed by atoms with E-state index in [9.17, 15) is 0 Å². The van der Waals surface area contributed by atoms with E-state index in [2.05, 4.69) is 175 Å². The van der Waals surface area contributed by atoms with Crippen molar-refractivity contribution in [3.8, 4) is 33.8 Å². The van der Waals surface area contributed by atoms with Gasteiger partial charge in [-0.1, -0.05) is 170 Å². The molecule has 4 nitrogen and oxygen atoms in total. The predicted octanol–water partition coefficient (Wildman–Crippen LogP) is 11.5. The zero-order valence-corrected chi connectivity index (χ0v) is 29.3. The predicted molar refractivity (Wildman–Crippen MR) is 219 cm³/mol. The minimum absolute atomic E-state index is 0.410. The first-order valence-corrected chi connectivity index (χ1v) is 18.4. The number of hydrogen-bond acceptors (Lipinski definition) is 4. The number of para-hydroxylation sites is 2. The minimum atomic E-state index is -0.521. The maximum absolute atomic E-state index is 6.57. The lowest BCUT2D eigenvalue weighted by atomic mass is 9.66. The fraction of sp³-hybridized carbons (Fsp3) is 0.0400. The third-order valence-corrected chi connectivity index (χ3v) is 11.2. The van der Waals surface area contributed by atoms with E-state index in [1.807, 2.05) is 18.2 Å². The van der Waals surface area contributed by atoms with Crippen LogP contribution < -0.4 is 10.1 Å². The molecule has 8 aromatic carbocycles. The lowest BCUT2D eigenvalue weighted by Crippen LogP contribution is -2.36. The van der Waals surface area contributed by atoms with Crippen molar-refractivity contribution >= 4 is 22.4 Å². The van der Waals surface area contributed by atoms with Crippen LogP contribution in [0, 0.1) is 0 Å². The average Bonchev–Trinajstić information content (AvgIpc) is 3.54. The van der Waals surface area contributed by atoms with E-state index >= 15 is 0 Å². The van der Waals surface area contributed by atoms with Crippen molar-refractivity contribution in [3.63, 3.8) is 0 Å². The first-order chi connectivity index (χ1) is 26.8. The number of aliphatic imine (C=N–C) groups is 2. The number of amidine groups is 2. The molecule has 0 radical (unpaired) electrons. The monoisotopic (exact) mass is 691 g/mol. The molecule has 1 unspecified atom stereocenters. The van der Waals surface area contributed by atoms with E-state index in [4.69, 9.17) is 14.7 Å². The number of rotatable bonds is 4. The highest BCUT2D eigenvalue weighted by Gasteiger charge is 2.51. The second-order valence-electron chi connectivity index (χ2n) is 14.1. The number of nitrogens with zero attached hydrogens (tertiary/aromatic N) is 2. The molecule has 2 heterocycles. The van der Waals surface area contributed by atoms with E-state index in [1.54, 1.807) is 0 Å². The van der Waals surface area contributed by atoms with E-state index in [1.165, 1.54) is 33.2 Å². The molecule has 3 aliphatic rings. The van der Waals surface area contributed by atoms with Gasteiger partial charge in [0.1, 0.15) is 23.2 Å². The molecular weight excluding hydrogens is 659 g/mol. The number of ether oxygens (including phenoxy) is 1. The molecule has 0 saturated heterocycles. The summed E-state index contributed by atoms with van der Waals surface area (Å²) >= 11 is 0. The van der Waals surface area contributed by atoms with Crippen LogP contribution in [0.1, 0.15) is 45.1 Å². The zero-order valence-electron chi connectivity index (χ0n) is 29.3. The molecule has 2 aliphatic heterocycles. The van der Waals surface area contributed by atoms with Crippen LogP contribution in [0.25, 0.3) is 33.0 Å². The Balaban J connectivity index is 1.09. The van der Waals surface area contributed by atoms with Crippen LogP contribution in [-0.4, -0.2) is 11.7 Å². The molecule has 8 aromatic rings. The molecule has 0 saturated carbocycles. The van der Waals surface area contributed by atoms with Gasteiger partial charge in [0.25, 0.3) is 0 Å². The summed E-state index contributed by atoms with van der Waals surface area (Å²) in [5, 5.41) is 5.97. The maximum Gasteiger partial charge on any atom is 0.170 e. The SMILES string of the molecule is c1ccc(C2=NC(c3cccc4ccccc34)N=C(c3cccc(-c4cccc5c4-c4ccccc4C54c5ccccc5Oc5ccccc54)c3)N2)cc1. The quantitative estimate of drug-likeness (QED) is 0.200. The van der Waals surface area contributed by atoms with Gasteiger partial charge in [-0.3, -0.25) is 0 Å². The highest BCUT2D eigenvalue weighted by molar-refractivity contribution is 6.16. The van der Waals surface area contributed by atoms with E-state index < -0.39 is 11.6 Å². The van der Waals surface area contributed by atoms with Crippen molar-refractivity contribution in [1.82, 2.24) is 5.32 Å². The Morgan fingerprint density at radius 2 is 1.00 bits per heavy atom. The molecule has 0 aromatic heterocycles. The summed E-state index contributed by atoms with van der Waals surface area (Å²) < 4.78 is 6.57. The topological polar surface area (TPSA) is 46.0 Å². The van der Waals surface area contributed by atoms with E-state index in [0.29, 0.717) is 0 Å². The first-order valence-electron chi connectivity index (χ1n) is 18.4. The van der Waals surface area contributed by atoms with Gasteiger partial charge in [-0.2, -0.15) is 0 Å². The summed E-state index contributed by atoms with van der Waals surface area (Å²) in [6.07, 6.45) is -0.410.